The summed E-state index contributed by atoms with van der Waals surface area (Å²) in [4.78, 5) is 1.98. The Morgan fingerprint density at radius 2 is 1.95 bits per heavy atom. The fourth-order valence-electron chi connectivity index (χ4n) is 1.68. The minimum Gasteiger partial charge on any atom is -0.396 e. The van der Waals surface area contributed by atoms with E-state index in [4.69, 9.17) is 5.73 Å². The van der Waals surface area contributed by atoms with E-state index in [2.05, 4.69) is 0 Å². The number of halogens is 1. The van der Waals surface area contributed by atoms with Crippen LogP contribution in [0.25, 0.3) is 0 Å². The lowest BCUT2D eigenvalue weighted by molar-refractivity contribution is 0.413. The van der Waals surface area contributed by atoms with Gasteiger partial charge in [-0.2, -0.15) is 0 Å². The summed E-state index contributed by atoms with van der Waals surface area (Å²) in [5, 5.41) is 0. The molecule has 0 saturated carbocycles. The molecule has 19 heavy (non-hydrogen) atoms. The van der Waals surface area contributed by atoms with Gasteiger partial charge in [-0.15, -0.1) is 0 Å². The molecule has 1 aromatic carbocycles. The van der Waals surface area contributed by atoms with Crippen molar-refractivity contribution in [1.82, 2.24) is 4.90 Å². The lowest BCUT2D eigenvalue weighted by Crippen LogP contribution is -2.17. The maximum absolute atomic E-state index is 13.7. The molecule has 0 aliphatic rings. The van der Waals surface area contributed by atoms with Gasteiger partial charge in [-0.1, -0.05) is 38.1 Å². The molecule has 1 aromatic rings. The van der Waals surface area contributed by atoms with Crippen molar-refractivity contribution in [3.05, 3.63) is 53.5 Å². The fraction of sp³-hybridized carbons (Fsp3) is 0.375. The third-order valence-electron chi connectivity index (χ3n) is 2.59. The average Bonchev–Trinajstić information content (AvgIpc) is 2.43. The molecule has 0 fully saturated rings. The summed E-state index contributed by atoms with van der Waals surface area (Å²) in [5.74, 6) is -0.324. The van der Waals surface area contributed by atoms with Crippen LogP contribution in [0.3, 0.4) is 0 Å². The zero-order valence-corrected chi connectivity index (χ0v) is 12.6. The second-order valence-electron chi connectivity index (χ2n) is 3.89. The standard InChI is InChI=1S/C14H19FN2.C2H6/c1-4-7-12(5-2)17(3)10-11-8-6-9-13(16)14(11)15;1-2/h4-9H,10,16H2,1-3H3;1-2H3/b7-4-,12-5+;. The number of allylic oxidation sites excluding steroid dienone is 3. The van der Waals surface area contributed by atoms with Gasteiger partial charge >= 0.3 is 0 Å². The minimum atomic E-state index is -0.324. The highest BCUT2D eigenvalue weighted by molar-refractivity contribution is 5.43. The van der Waals surface area contributed by atoms with Crippen LogP contribution in [0.1, 0.15) is 33.3 Å². The second kappa shape index (κ2) is 9.20. The van der Waals surface area contributed by atoms with Crippen molar-refractivity contribution in [1.29, 1.82) is 0 Å². The van der Waals surface area contributed by atoms with Crippen molar-refractivity contribution < 1.29 is 4.39 Å². The SMILES string of the molecule is C/C=C\C(=C/C)N(C)Cc1cccc(N)c1F.CC. The molecule has 0 bridgehead atoms. The first-order chi connectivity index (χ1) is 9.10. The van der Waals surface area contributed by atoms with Crippen LogP contribution in [-0.4, -0.2) is 11.9 Å². The Morgan fingerprint density at radius 1 is 1.32 bits per heavy atom. The first-order valence-electron chi connectivity index (χ1n) is 6.63. The van der Waals surface area contributed by atoms with E-state index < -0.39 is 0 Å². The van der Waals surface area contributed by atoms with Gasteiger partial charge in [-0.05, 0) is 26.0 Å². The molecule has 0 saturated heterocycles. The lowest BCUT2D eigenvalue weighted by atomic mass is 10.1. The molecule has 0 aliphatic heterocycles. The van der Waals surface area contributed by atoms with Gasteiger partial charge < -0.3 is 10.6 Å². The van der Waals surface area contributed by atoms with Gasteiger partial charge in [0.15, 0.2) is 5.82 Å². The van der Waals surface area contributed by atoms with E-state index in [9.17, 15) is 4.39 Å². The molecule has 0 unspecified atom stereocenters. The topological polar surface area (TPSA) is 29.3 Å². The highest BCUT2D eigenvalue weighted by Gasteiger charge is 2.08. The molecular weight excluding hydrogens is 239 g/mol. The monoisotopic (exact) mass is 264 g/mol. The molecule has 3 heteroatoms. The van der Waals surface area contributed by atoms with Gasteiger partial charge in [0.2, 0.25) is 0 Å². The minimum absolute atomic E-state index is 0.198. The van der Waals surface area contributed by atoms with Crippen molar-refractivity contribution in [2.45, 2.75) is 34.2 Å². The number of benzene rings is 1. The molecule has 0 heterocycles. The van der Waals surface area contributed by atoms with Crippen LogP contribution >= 0.6 is 0 Å². The molecule has 0 aromatic heterocycles. The smallest absolute Gasteiger partial charge is 0.151 e. The third kappa shape index (κ3) is 5.16. The Kier molecular flexibility index (Phi) is 8.34. The molecular formula is C16H25FN2. The molecule has 1 rings (SSSR count). The van der Waals surface area contributed by atoms with Crippen molar-refractivity contribution in [2.75, 3.05) is 12.8 Å². The molecule has 0 atom stereocenters. The van der Waals surface area contributed by atoms with E-state index in [1.54, 1.807) is 18.2 Å². The maximum Gasteiger partial charge on any atom is 0.151 e. The molecule has 2 nitrogen and oxygen atoms in total. The summed E-state index contributed by atoms with van der Waals surface area (Å²) >= 11 is 0. The van der Waals surface area contributed by atoms with E-state index in [1.807, 2.05) is 57.9 Å². The normalized spacial score (nSPS) is 11.2. The number of nitrogens with two attached hydrogens (primary N) is 1. The van der Waals surface area contributed by atoms with Gasteiger partial charge in [0.05, 0.1) is 5.69 Å². The summed E-state index contributed by atoms with van der Waals surface area (Å²) in [5.41, 5.74) is 7.40. The Labute approximate surface area is 116 Å². The van der Waals surface area contributed by atoms with Crippen LogP contribution in [0.5, 0.6) is 0 Å². The molecule has 106 valence electrons. The van der Waals surface area contributed by atoms with Crippen LogP contribution < -0.4 is 5.73 Å². The Hall–Kier alpha value is -1.77. The van der Waals surface area contributed by atoms with Crippen molar-refractivity contribution >= 4 is 5.69 Å². The zero-order chi connectivity index (χ0) is 14.8. The van der Waals surface area contributed by atoms with Crippen LogP contribution in [0.4, 0.5) is 10.1 Å². The Morgan fingerprint density at radius 3 is 2.47 bits per heavy atom. The van der Waals surface area contributed by atoms with Gasteiger partial charge in [-0.25, -0.2) is 4.39 Å². The number of rotatable bonds is 4. The van der Waals surface area contributed by atoms with Gasteiger partial charge in [-0.3, -0.25) is 0 Å². The number of hydrogen-bond acceptors (Lipinski definition) is 2. The highest BCUT2D eigenvalue weighted by atomic mass is 19.1. The van der Waals surface area contributed by atoms with Gasteiger partial charge in [0.25, 0.3) is 0 Å². The number of nitrogens with zero attached hydrogens (tertiary/aromatic N) is 1. The molecule has 2 N–H and O–H groups in total. The van der Waals surface area contributed by atoms with Crippen LogP contribution in [0.15, 0.2) is 42.1 Å². The Balaban J connectivity index is 0.00000154. The third-order valence-corrected chi connectivity index (χ3v) is 2.59. The fourth-order valence-corrected chi connectivity index (χ4v) is 1.68. The van der Waals surface area contributed by atoms with Crippen LogP contribution in [0, 0.1) is 5.82 Å². The van der Waals surface area contributed by atoms with E-state index >= 15 is 0 Å². The van der Waals surface area contributed by atoms with Crippen LogP contribution in [-0.2, 0) is 6.54 Å². The second-order valence-corrected chi connectivity index (χ2v) is 3.89. The summed E-state index contributed by atoms with van der Waals surface area (Å²) in [6, 6.07) is 5.10. The van der Waals surface area contributed by atoms with Crippen LogP contribution in [0.2, 0.25) is 0 Å². The van der Waals surface area contributed by atoms with Gasteiger partial charge in [0, 0.05) is 24.9 Å². The Bertz CT molecular complexity index is 436. The number of nitrogen functional groups attached to an aromatic ring is 1. The van der Waals surface area contributed by atoms with E-state index in [1.165, 1.54) is 0 Å². The first-order valence-corrected chi connectivity index (χ1v) is 6.63. The van der Waals surface area contributed by atoms with E-state index in [0.717, 1.165) is 5.70 Å². The summed E-state index contributed by atoms with van der Waals surface area (Å²) in [6.45, 7) is 8.42. The largest absolute Gasteiger partial charge is 0.396 e. The predicted molar refractivity (Wildman–Crippen MR) is 82.2 cm³/mol. The van der Waals surface area contributed by atoms with Gasteiger partial charge in [0.1, 0.15) is 0 Å². The molecule has 0 aliphatic carbocycles. The number of anilines is 1. The maximum atomic E-state index is 13.7. The molecule has 0 radical (unpaired) electrons. The summed E-state index contributed by atoms with van der Waals surface area (Å²) < 4.78 is 13.7. The van der Waals surface area contributed by atoms with Crippen molar-refractivity contribution in [3.63, 3.8) is 0 Å². The average molecular weight is 264 g/mol. The molecule has 0 spiro atoms. The predicted octanol–water partition coefficient (Wildman–Crippen LogP) is 4.35. The zero-order valence-electron chi connectivity index (χ0n) is 12.6. The number of likely N-dealkylation sites (N-methyl/N-ethyl adjacent to an activating group) is 1. The van der Waals surface area contributed by atoms with E-state index in [0.29, 0.717) is 12.1 Å². The lowest BCUT2D eigenvalue weighted by Gasteiger charge is -2.21. The summed E-state index contributed by atoms with van der Waals surface area (Å²) in [6.07, 6.45) is 5.94. The molecule has 0 amide bonds. The van der Waals surface area contributed by atoms with Crippen molar-refractivity contribution in [3.8, 4) is 0 Å². The summed E-state index contributed by atoms with van der Waals surface area (Å²) in [7, 11) is 1.93. The highest BCUT2D eigenvalue weighted by Crippen LogP contribution is 2.18. The quantitative estimate of drug-likeness (QED) is 0.647. The van der Waals surface area contributed by atoms with E-state index in [-0.39, 0.29) is 11.5 Å². The first kappa shape index (κ1) is 17.2. The number of hydrogen-bond donors (Lipinski definition) is 1. The van der Waals surface area contributed by atoms with Crippen molar-refractivity contribution in [2.24, 2.45) is 0 Å².